The van der Waals surface area contributed by atoms with E-state index in [2.05, 4.69) is 10.6 Å². The van der Waals surface area contributed by atoms with Crippen molar-refractivity contribution in [1.29, 1.82) is 0 Å². The second-order valence-electron chi connectivity index (χ2n) is 7.48. The number of nitrogens with zero attached hydrogens (tertiary/aromatic N) is 1. The molecule has 0 bridgehead atoms. The lowest BCUT2D eigenvalue weighted by molar-refractivity contribution is -0.133. The van der Waals surface area contributed by atoms with E-state index in [-0.39, 0.29) is 0 Å². The highest BCUT2D eigenvalue weighted by molar-refractivity contribution is 7.99. The average molecular weight is 446 g/mol. The maximum absolute atomic E-state index is 13.0. The molecule has 0 aromatic heterocycles. The largest absolute Gasteiger partial charge is 0.325 e. The summed E-state index contributed by atoms with van der Waals surface area (Å²) < 4.78 is 0. The zero-order valence-corrected chi connectivity index (χ0v) is 18.3. The van der Waals surface area contributed by atoms with Crippen LogP contribution in [0.4, 0.5) is 10.5 Å². The van der Waals surface area contributed by atoms with E-state index in [0.717, 1.165) is 20.3 Å². The van der Waals surface area contributed by atoms with Gasteiger partial charge >= 0.3 is 6.03 Å². The summed E-state index contributed by atoms with van der Waals surface area (Å²) in [5.74, 6) is -0.816. The second-order valence-corrected chi connectivity index (χ2v) is 8.59. The molecule has 1 heterocycles. The van der Waals surface area contributed by atoms with Gasteiger partial charge in [-0.15, -0.1) is 0 Å². The predicted octanol–water partition coefficient (Wildman–Crippen LogP) is 4.33. The Morgan fingerprint density at radius 1 is 0.969 bits per heavy atom. The molecular weight excluding hydrogens is 422 g/mol. The van der Waals surface area contributed by atoms with Gasteiger partial charge in [0.25, 0.3) is 5.91 Å². The monoisotopic (exact) mass is 445 g/mol. The third-order valence-corrected chi connectivity index (χ3v) is 6.30. The molecule has 7 heteroatoms. The number of hydrogen-bond donors (Lipinski definition) is 2. The highest BCUT2D eigenvalue weighted by Crippen LogP contribution is 2.33. The molecule has 4 amide bonds. The van der Waals surface area contributed by atoms with Gasteiger partial charge in [0.2, 0.25) is 5.91 Å². The molecule has 0 radical (unpaired) electrons. The number of hydrogen-bond acceptors (Lipinski definition) is 4. The number of carbonyl (C=O) groups is 3. The van der Waals surface area contributed by atoms with Crippen LogP contribution < -0.4 is 10.6 Å². The van der Waals surface area contributed by atoms with E-state index < -0.39 is 29.9 Å². The summed E-state index contributed by atoms with van der Waals surface area (Å²) >= 11 is 1.53. The molecule has 3 aromatic rings. The van der Waals surface area contributed by atoms with E-state index in [0.29, 0.717) is 12.1 Å². The Morgan fingerprint density at radius 3 is 2.31 bits per heavy atom. The summed E-state index contributed by atoms with van der Waals surface area (Å²) in [6.07, 6.45) is 0.382. The summed E-state index contributed by atoms with van der Waals surface area (Å²) in [6.45, 7) is 1.56. The molecule has 0 unspecified atom stereocenters. The summed E-state index contributed by atoms with van der Waals surface area (Å²) in [5.41, 5.74) is 1.57. The lowest BCUT2D eigenvalue weighted by atomic mass is 10.1. The molecule has 1 aliphatic rings. The molecule has 3 aromatic carbocycles. The van der Waals surface area contributed by atoms with Gasteiger partial charge in [0, 0.05) is 16.2 Å². The fraction of sp³-hybridized carbons (Fsp3) is 0.160. The van der Waals surface area contributed by atoms with Crippen LogP contribution in [0.25, 0.3) is 0 Å². The number of imide groups is 1. The molecular formula is C25H23N3O3S. The van der Waals surface area contributed by atoms with E-state index in [9.17, 15) is 14.4 Å². The van der Waals surface area contributed by atoms with Crippen molar-refractivity contribution in [3.63, 3.8) is 0 Å². The number of carbonyl (C=O) groups excluding carboxylic acids is 3. The van der Waals surface area contributed by atoms with Crippen LogP contribution in [0.1, 0.15) is 12.5 Å². The Kier molecular flexibility index (Phi) is 6.56. The van der Waals surface area contributed by atoms with Crippen LogP contribution in [0.15, 0.2) is 94.7 Å². The fourth-order valence-electron chi connectivity index (χ4n) is 3.53. The third kappa shape index (κ3) is 4.84. The van der Waals surface area contributed by atoms with E-state index in [4.69, 9.17) is 0 Å². The minimum absolute atomic E-state index is 0.382. The lowest BCUT2D eigenvalue weighted by Crippen LogP contribution is -2.46. The van der Waals surface area contributed by atoms with Crippen molar-refractivity contribution in [3.8, 4) is 0 Å². The third-order valence-electron chi connectivity index (χ3n) is 5.22. The number of amides is 4. The Balaban J connectivity index is 1.45. The van der Waals surface area contributed by atoms with E-state index >= 15 is 0 Å². The highest BCUT2D eigenvalue weighted by atomic mass is 32.2. The number of para-hydroxylation sites is 1. The van der Waals surface area contributed by atoms with Crippen LogP contribution in [-0.4, -0.2) is 34.8 Å². The predicted molar refractivity (Wildman–Crippen MR) is 124 cm³/mol. The van der Waals surface area contributed by atoms with Crippen LogP contribution in [0.2, 0.25) is 0 Å². The Hall–Kier alpha value is -3.58. The second kappa shape index (κ2) is 9.70. The number of anilines is 1. The molecule has 162 valence electrons. The molecule has 1 saturated heterocycles. The summed E-state index contributed by atoms with van der Waals surface area (Å²) in [7, 11) is 0. The van der Waals surface area contributed by atoms with Crippen LogP contribution in [0.3, 0.4) is 0 Å². The van der Waals surface area contributed by atoms with E-state index in [1.807, 2.05) is 78.9 Å². The molecule has 1 aliphatic heterocycles. The van der Waals surface area contributed by atoms with Crippen LogP contribution in [0.5, 0.6) is 0 Å². The molecule has 6 nitrogen and oxygen atoms in total. The van der Waals surface area contributed by atoms with Gasteiger partial charge in [-0.3, -0.25) is 14.5 Å². The Labute approximate surface area is 191 Å². The van der Waals surface area contributed by atoms with Gasteiger partial charge < -0.3 is 10.6 Å². The van der Waals surface area contributed by atoms with Crippen LogP contribution in [-0.2, 0) is 16.0 Å². The standard InChI is InChI=1S/C25H23N3O3S/c1-17(28-24(30)21(27-25(28)31)16-18-10-4-2-5-11-18)23(29)26-20-14-8-9-15-22(20)32-19-12-6-3-7-13-19/h2-15,17,21H,16H2,1H3,(H,26,29)(H,27,31)/t17-,21-/m1/s1. The number of urea groups is 1. The summed E-state index contributed by atoms with van der Waals surface area (Å²) in [4.78, 5) is 41.3. The number of rotatable bonds is 7. The zero-order chi connectivity index (χ0) is 22.5. The highest BCUT2D eigenvalue weighted by Gasteiger charge is 2.42. The van der Waals surface area contributed by atoms with E-state index in [1.165, 1.54) is 11.8 Å². The molecule has 2 atom stereocenters. The maximum atomic E-state index is 13.0. The minimum atomic E-state index is -0.946. The SMILES string of the molecule is C[C@H](C(=O)Nc1ccccc1Sc1ccccc1)N1C(=O)N[C@H](Cc2ccccc2)C1=O. The van der Waals surface area contributed by atoms with Crippen molar-refractivity contribution in [2.24, 2.45) is 0 Å². The minimum Gasteiger partial charge on any atom is -0.325 e. The van der Waals surface area contributed by atoms with E-state index in [1.54, 1.807) is 13.0 Å². The van der Waals surface area contributed by atoms with Crippen LogP contribution >= 0.6 is 11.8 Å². The van der Waals surface area contributed by atoms with Gasteiger partial charge in [-0.05, 0) is 36.8 Å². The molecule has 0 aliphatic carbocycles. The lowest BCUT2D eigenvalue weighted by Gasteiger charge is -2.21. The molecule has 0 saturated carbocycles. The Morgan fingerprint density at radius 2 is 1.59 bits per heavy atom. The van der Waals surface area contributed by atoms with Crippen molar-refractivity contribution >= 4 is 35.3 Å². The molecule has 0 spiro atoms. The molecule has 4 rings (SSSR count). The normalized spacial score (nSPS) is 16.5. The first kappa shape index (κ1) is 21.6. The van der Waals surface area contributed by atoms with Gasteiger partial charge in [-0.1, -0.05) is 72.4 Å². The maximum Gasteiger partial charge on any atom is 0.325 e. The molecule has 2 N–H and O–H groups in total. The van der Waals surface area contributed by atoms with Gasteiger partial charge in [-0.25, -0.2) is 4.79 Å². The van der Waals surface area contributed by atoms with Crippen molar-refractivity contribution in [1.82, 2.24) is 10.2 Å². The number of nitrogens with one attached hydrogen (secondary N) is 2. The van der Waals surface area contributed by atoms with Gasteiger partial charge in [0.1, 0.15) is 12.1 Å². The zero-order valence-electron chi connectivity index (χ0n) is 17.5. The van der Waals surface area contributed by atoms with Crippen molar-refractivity contribution in [2.75, 3.05) is 5.32 Å². The molecule has 1 fully saturated rings. The first-order valence-electron chi connectivity index (χ1n) is 10.3. The van der Waals surface area contributed by atoms with Gasteiger partial charge in [-0.2, -0.15) is 0 Å². The van der Waals surface area contributed by atoms with Crippen molar-refractivity contribution < 1.29 is 14.4 Å². The smallest absolute Gasteiger partial charge is 0.325 e. The quantitative estimate of drug-likeness (QED) is 0.531. The first-order valence-corrected chi connectivity index (χ1v) is 11.1. The fourth-order valence-corrected chi connectivity index (χ4v) is 4.45. The van der Waals surface area contributed by atoms with Crippen molar-refractivity contribution in [2.45, 2.75) is 35.2 Å². The molecule has 32 heavy (non-hydrogen) atoms. The first-order chi connectivity index (χ1) is 15.5. The average Bonchev–Trinajstić information content (AvgIpc) is 3.08. The summed E-state index contributed by atoms with van der Waals surface area (Å²) in [6, 6.07) is 24.6. The van der Waals surface area contributed by atoms with Gasteiger partial charge in [0.05, 0.1) is 5.69 Å². The topological polar surface area (TPSA) is 78.5 Å². The van der Waals surface area contributed by atoms with Gasteiger partial charge in [0.15, 0.2) is 0 Å². The van der Waals surface area contributed by atoms with Crippen molar-refractivity contribution in [3.05, 3.63) is 90.5 Å². The summed E-state index contributed by atoms with van der Waals surface area (Å²) in [5, 5.41) is 5.58. The Bertz CT molecular complexity index is 1120. The number of benzene rings is 3. The van der Waals surface area contributed by atoms with Crippen LogP contribution in [0, 0.1) is 0 Å².